The van der Waals surface area contributed by atoms with E-state index in [4.69, 9.17) is 0 Å². The molecule has 0 saturated heterocycles. The van der Waals surface area contributed by atoms with Crippen molar-refractivity contribution >= 4 is 16.9 Å². The van der Waals surface area contributed by atoms with Crippen LogP contribution in [-0.4, -0.2) is 15.6 Å². The van der Waals surface area contributed by atoms with Crippen LogP contribution in [0.5, 0.6) is 0 Å². The van der Waals surface area contributed by atoms with Crippen molar-refractivity contribution in [3.63, 3.8) is 0 Å². The largest absolute Gasteiger partial charge is 0.477 e. The number of aromatic carboxylic acids is 1. The molecule has 2 aromatic carbocycles. The lowest BCUT2D eigenvalue weighted by Gasteiger charge is -2.17. The van der Waals surface area contributed by atoms with E-state index in [2.05, 4.69) is 5.32 Å². The average molecular weight is 378 g/mol. The van der Waals surface area contributed by atoms with Gasteiger partial charge < -0.3 is 15.0 Å². The Morgan fingerprint density at radius 3 is 2.64 bits per heavy atom. The number of pyridine rings is 1. The number of aromatic nitrogens is 1. The number of benzene rings is 2. The lowest BCUT2D eigenvalue weighted by molar-refractivity contribution is 0.0695. The van der Waals surface area contributed by atoms with Crippen LogP contribution >= 0.6 is 0 Å². The molecular weight excluding hydrogens is 359 g/mol. The third-order valence-electron chi connectivity index (χ3n) is 5.86. The van der Waals surface area contributed by atoms with Gasteiger partial charge >= 0.3 is 5.97 Å². The van der Waals surface area contributed by atoms with Gasteiger partial charge in [0, 0.05) is 41.8 Å². The fourth-order valence-corrected chi connectivity index (χ4v) is 4.26. The van der Waals surface area contributed by atoms with Gasteiger partial charge in [0.15, 0.2) is 0 Å². The van der Waals surface area contributed by atoms with Crippen molar-refractivity contribution in [2.75, 3.05) is 0 Å². The monoisotopic (exact) mass is 378 g/mol. The van der Waals surface area contributed by atoms with Gasteiger partial charge in [-0.25, -0.2) is 9.18 Å². The Balaban J connectivity index is 1.81. The van der Waals surface area contributed by atoms with Gasteiger partial charge in [0.25, 0.3) is 0 Å². The lowest BCUT2D eigenvalue weighted by atomic mass is 9.94. The van der Waals surface area contributed by atoms with Crippen LogP contribution in [0.2, 0.25) is 0 Å². The molecule has 2 aliphatic rings. The number of nitrogens with one attached hydrogen (secondary N) is 1. The maximum Gasteiger partial charge on any atom is 0.341 e. The maximum atomic E-state index is 15.2. The molecule has 1 fully saturated rings. The summed E-state index contributed by atoms with van der Waals surface area (Å²) >= 11 is 0. The Hall–Kier alpha value is -2.99. The van der Waals surface area contributed by atoms with E-state index in [-0.39, 0.29) is 17.4 Å². The van der Waals surface area contributed by atoms with Crippen LogP contribution in [0.25, 0.3) is 22.0 Å². The first kappa shape index (κ1) is 17.1. The van der Waals surface area contributed by atoms with Crippen LogP contribution in [0.1, 0.15) is 45.9 Å². The summed E-state index contributed by atoms with van der Waals surface area (Å²) in [7, 11) is 0. The van der Waals surface area contributed by atoms with Crippen LogP contribution in [-0.2, 0) is 13.1 Å². The maximum absolute atomic E-state index is 15.2. The van der Waals surface area contributed by atoms with E-state index in [0.717, 1.165) is 29.5 Å². The predicted octanol–water partition coefficient (Wildman–Crippen LogP) is 3.75. The van der Waals surface area contributed by atoms with Crippen molar-refractivity contribution in [2.24, 2.45) is 0 Å². The molecular formula is C22H19FN2O3. The predicted molar refractivity (Wildman–Crippen MR) is 104 cm³/mol. The van der Waals surface area contributed by atoms with Crippen LogP contribution in [0.3, 0.4) is 0 Å². The molecule has 5 rings (SSSR count). The number of carbonyl (C=O) groups is 1. The van der Waals surface area contributed by atoms with Gasteiger partial charge in [-0.3, -0.25) is 4.79 Å². The molecule has 0 spiro atoms. The Labute approximate surface area is 160 Å². The van der Waals surface area contributed by atoms with E-state index >= 15 is 4.39 Å². The molecule has 0 unspecified atom stereocenters. The summed E-state index contributed by atoms with van der Waals surface area (Å²) in [4.78, 5) is 24.2. The summed E-state index contributed by atoms with van der Waals surface area (Å²) < 4.78 is 17.1. The second-order valence-electron chi connectivity index (χ2n) is 7.62. The summed E-state index contributed by atoms with van der Waals surface area (Å²) in [6, 6.07) is 7.29. The van der Waals surface area contributed by atoms with E-state index in [1.54, 1.807) is 18.2 Å². The molecule has 0 atom stereocenters. The molecule has 6 heteroatoms. The summed E-state index contributed by atoms with van der Waals surface area (Å²) in [5.41, 5.74) is 3.69. The highest BCUT2D eigenvalue weighted by Gasteiger charge is 2.28. The van der Waals surface area contributed by atoms with Crippen LogP contribution < -0.4 is 10.7 Å². The number of carboxylic acid groups (broad SMARTS) is 1. The fourth-order valence-electron chi connectivity index (χ4n) is 4.26. The van der Waals surface area contributed by atoms with Crippen molar-refractivity contribution in [2.45, 2.75) is 38.9 Å². The minimum Gasteiger partial charge on any atom is -0.477 e. The number of aryl methyl sites for hydroxylation is 1. The van der Waals surface area contributed by atoms with Crippen LogP contribution in [0, 0.1) is 12.7 Å². The Morgan fingerprint density at radius 2 is 1.93 bits per heavy atom. The topological polar surface area (TPSA) is 71.3 Å². The highest BCUT2D eigenvalue weighted by atomic mass is 19.1. The number of carboxylic acids is 1. The zero-order valence-electron chi connectivity index (χ0n) is 15.4. The van der Waals surface area contributed by atoms with Gasteiger partial charge in [-0.05, 0) is 42.5 Å². The van der Waals surface area contributed by atoms with E-state index in [0.29, 0.717) is 35.1 Å². The van der Waals surface area contributed by atoms with Gasteiger partial charge in [0.1, 0.15) is 11.4 Å². The lowest BCUT2D eigenvalue weighted by Crippen LogP contribution is -2.19. The van der Waals surface area contributed by atoms with Gasteiger partial charge in [0.2, 0.25) is 5.43 Å². The molecule has 1 saturated carbocycles. The summed E-state index contributed by atoms with van der Waals surface area (Å²) in [5.74, 6) is -1.45. The number of hydrogen-bond donors (Lipinski definition) is 2. The summed E-state index contributed by atoms with van der Waals surface area (Å²) in [5, 5.41) is 12.9. The average Bonchev–Trinajstić information content (AvgIpc) is 3.40. The van der Waals surface area contributed by atoms with Gasteiger partial charge in [0.05, 0.1) is 5.52 Å². The molecule has 5 nitrogen and oxygen atoms in total. The van der Waals surface area contributed by atoms with E-state index < -0.39 is 11.4 Å². The first-order valence-electron chi connectivity index (χ1n) is 9.40. The van der Waals surface area contributed by atoms with Gasteiger partial charge in [-0.2, -0.15) is 0 Å². The molecule has 142 valence electrons. The number of rotatable bonds is 3. The highest BCUT2D eigenvalue weighted by molar-refractivity contribution is 5.95. The van der Waals surface area contributed by atoms with Crippen molar-refractivity contribution in [3.8, 4) is 11.1 Å². The number of fused-ring (bicyclic) bond motifs is 2. The normalized spacial score (nSPS) is 15.8. The molecule has 28 heavy (non-hydrogen) atoms. The second-order valence-corrected chi connectivity index (χ2v) is 7.62. The minimum absolute atomic E-state index is 0.184. The summed E-state index contributed by atoms with van der Waals surface area (Å²) in [6.45, 7) is 3.06. The minimum atomic E-state index is -1.22. The Kier molecular flexibility index (Phi) is 3.67. The molecule has 2 N–H and O–H groups in total. The van der Waals surface area contributed by atoms with Crippen molar-refractivity contribution < 1.29 is 14.3 Å². The first-order valence-corrected chi connectivity index (χ1v) is 9.40. The number of nitrogens with zero attached hydrogens (tertiary/aromatic N) is 1. The molecule has 3 aromatic rings. The quantitative estimate of drug-likeness (QED) is 0.728. The molecule has 0 radical (unpaired) electrons. The van der Waals surface area contributed by atoms with E-state index in [1.165, 1.54) is 6.20 Å². The number of halogens is 1. The zero-order valence-corrected chi connectivity index (χ0v) is 15.4. The fraction of sp³-hybridized carbons (Fsp3) is 0.273. The standard InChI is InChI=1S/C22H19FN2O3/c1-11-14(15-5-2-12-8-24-9-17(12)19(15)23)6-7-16-20(11)25(13-3-4-13)10-18(21(16)26)22(27)28/h2,5-7,10,13,24H,3-4,8-9H2,1H3,(H,27,28). The SMILES string of the molecule is Cc1c(-c2ccc3c(c2F)CNC3)ccc2c(=O)c(C(=O)O)cn(C3CC3)c12. The molecule has 2 heterocycles. The van der Waals surface area contributed by atoms with Crippen molar-refractivity contribution in [1.29, 1.82) is 0 Å². The van der Waals surface area contributed by atoms with Gasteiger partial charge in [-0.15, -0.1) is 0 Å². The number of hydrogen-bond acceptors (Lipinski definition) is 3. The molecule has 1 aromatic heterocycles. The molecule has 0 amide bonds. The second kappa shape index (κ2) is 6.01. The van der Waals surface area contributed by atoms with Crippen LogP contribution in [0.4, 0.5) is 4.39 Å². The Bertz CT molecular complexity index is 1220. The van der Waals surface area contributed by atoms with Gasteiger partial charge in [-0.1, -0.05) is 18.2 Å². The zero-order chi connectivity index (χ0) is 19.6. The first-order chi connectivity index (χ1) is 13.5. The van der Waals surface area contributed by atoms with Crippen LogP contribution in [0.15, 0.2) is 35.3 Å². The van der Waals surface area contributed by atoms with E-state index in [9.17, 15) is 14.7 Å². The molecule has 1 aliphatic carbocycles. The van der Waals surface area contributed by atoms with Crippen molar-refractivity contribution in [1.82, 2.24) is 9.88 Å². The molecule has 1 aliphatic heterocycles. The van der Waals surface area contributed by atoms with Crippen molar-refractivity contribution in [3.05, 3.63) is 68.8 Å². The molecule has 0 bridgehead atoms. The smallest absolute Gasteiger partial charge is 0.341 e. The summed E-state index contributed by atoms with van der Waals surface area (Å²) in [6.07, 6.45) is 3.34. The third kappa shape index (κ3) is 2.41. The van der Waals surface area contributed by atoms with E-state index in [1.807, 2.05) is 17.6 Å². The highest BCUT2D eigenvalue weighted by Crippen LogP contribution is 2.40. The third-order valence-corrected chi connectivity index (χ3v) is 5.86. The Morgan fingerprint density at radius 1 is 1.18 bits per heavy atom.